The van der Waals surface area contributed by atoms with Gasteiger partial charge in [0.15, 0.2) is 6.29 Å². The molecule has 6 heteroatoms. The number of hydrogen-bond donors (Lipinski definition) is 0. The van der Waals surface area contributed by atoms with E-state index in [0.29, 0.717) is 19.8 Å². The van der Waals surface area contributed by atoms with Crippen LogP contribution in [0, 0.1) is 0 Å². The van der Waals surface area contributed by atoms with E-state index in [2.05, 4.69) is 19.1 Å². The zero-order valence-electron chi connectivity index (χ0n) is 17.8. The van der Waals surface area contributed by atoms with Crippen LogP contribution in [-0.2, 0) is 24.4 Å². The highest BCUT2D eigenvalue weighted by atomic mass is 28.4. The van der Waals surface area contributed by atoms with Gasteiger partial charge in [-0.1, -0.05) is 25.5 Å². The molecule has 0 amide bonds. The van der Waals surface area contributed by atoms with E-state index in [1.54, 1.807) is 0 Å². The fourth-order valence-electron chi connectivity index (χ4n) is 2.86. The number of unbranched alkanes of at least 4 members (excludes halogenated alkanes) is 1. The van der Waals surface area contributed by atoms with Gasteiger partial charge in [-0.05, 0) is 64.7 Å². The van der Waals surface area contributed by atoms with Gasteiger partial charge in [0, 0.05) is 25.9 Å². The van der Waals surface area contributed by atoms with E-state index in [1.165, 1.54) is 5.56 Å². The van der Waals surface area contributed by atoms with Gasteiger partial charge in [0.1, 0.15) is 5.75 Å². The Balaban J connectivity index is 2.47. The summed E-state index contributed by atoms with van der Waals surface area (Å²) in [5.41, 5.74) is 1.27. The molecule has 0 radical (unpaired) electrons. The molecular formula is C21H38O5Si. The molecule has 27 heavy (non-hydrogen) atoms. The average molecular weight is 399 g/mol. The molecule has 0 aromatic heterocycles. The summed E-state index contributed by atoms with van der Waals surface area (Å²) < 4.78 is 29.2. The molecule has 1 rings (SSSR count). The van der Waals surface area contributed by atoms with Gasteiger partial charge in [0.2, 0.25) is 0 Å². The van der Waals surface area contributed by atoms with E-state index in [-0.39, 0.29) is 6.29 Å². The Labute approximate surface area is 166 Å². The summed E-state index contributed by atoms with van der Waals surface area (Å²) in [6, 6.07) is 9.07. The third-order valence-electron chi connectivity index (χ3n) is 4.12. The fraction of sp³-hybridized carbons (Fsp3) is 0.714. The van der Waals surface area contributed by atoms with Gasteiger partial charge >= 0.3 is 8.80 Å². The van der Waals surface area contributed by atoms with E-state index < -0.39 is 8.80 Å². The predicted octanol–water partition coefficient (Wildman–Crippen LogP) is 5.21. The van der Waals surface area contributed by atoms with Crippen molar-refractivity contribution in [2.75, 3.05) is 26.4 Å². The van der Waals surface area contributed by atoms with Crippen molar-refractivity contribution >= 4 is 8.80 Å². The molecule has 156 valence electrons. The highest BCUT2D eigenvalue weighted by Crippen LogP contribution is 2.21. The van der Waals surface area contributed by atoms with Crippen molar-refractivity contribution in [3.05, 3.63) is 29.8 Å². The molecule has 0 saturated heterocycles. The van der Waals surface area contributed by atoms with Crippen molar-refractivity contribution in [2.45, 2.75) is 72.6 Å². The fourth-order valence-corrected chi connectivity index (χ4v) is 5.48. The first-order chi connectivity index (χ1) is 13.1. The highest BCUT2D eigenvalue weighted by Gasteiger charge is 2.39. The first-order valence-corrected chi connectivity index (χ1v) is 12.3. The Morgan fingerprint density at radius 3 is 1.96 bits per heavy atom. The second kappa shape index (κ2) is 14.1. The number of hydrogen-bond acceptors (Lipinski definition) is 5. The largest absolute Gasteiger partial charge is 0.500 e. The molecule has 0 saturated carbocycles. The Kier molecular flexibility index (Phi) is 12.6. The van der Waals surface area contributed by atoms with Crippen LogP contribution in [0.3, 0.4) is 0 Å². The van der Waals surface area contributed by atoms with Crippen LogP contribution in [0.5, 0.6) is 5.75 Å². The van der Waals surface area contributed by atoms with Crippen LogP contribution in [0.25, 0.3) is 0 Å². The minimum Gasteiger partial charge on any atom is -0.465 e. The number of rotatable bonds is 16. The minimum absolute atomic E-state index is 0.224. The molecule has 1 atom stereocenters. The summed E-state index contributed by atoms with van der Waals surface area (Å²) in [7, 11) is -2.54. The molecule has 1 aromatic carbocycles. The lowest BCUT2D eigenvalue weighted by Gasteiger charge is -2.28. The maximum absolute atomic E-state index is 5.91. The smallest absolute Gasteiger partial charge is 0.465 e. The summed E-state index contributed by atoms with van der Waals surface area (Å²) in [5.74, 6) is 0.837. The quantitative estimate of drug-likeness (QED) is 0.217. The van der Waals surface area contributed by atoms with Gasteiger partial charge in [0.25, 0.3) is 0 Å². The summed E-state index contributed by atoms with van der Waals surface area (Å²) in [4.78, 5) is 0. The summed E-state index contributed by atoms with van der Waals surface area (Å²) in [6.07, 6.45) is 3.90. The van der Waals surface area contributed by atoms with Gasteiger partial charge in [-0.2, -0.15) is 0 Å². The highest BCUT2D eigenvalue weighted by molar-refractivity contribution is 6.60. The van der Waals surface area contributed by atoms with Crippen LogP contribution in [0.2, 0.25) is 6.04 Å². The number of benzene rings is 1. The van der Waals surface area contributed by atoms with Crippen molar-refractivity contribution in [2.24, 2.45) is 0 Å². The van der Waals surface area contributed by atoms with Gasteiger partial charge in [-0.3, -0.25) is 0 Å². The Hall–Kier alpha value is -0.923. The normalized spacial score (nSPS) is 12.9. The predicted molar refractivity (Wildman–Crippen MR) is 111 cm³/mol. The van der Waals surface area contributed by atoms with E-state index in [0.717, 1.165) is 44.1 Å². The van der Waals surface area contributed by atoms with Crippen molar-refractivity contribution < 1.29 is 22.8 Å². The van der Waals surface area contributed by atoms with Crippen LogP contribution in [0.4, 0.5) is 0 Å². The van der Waals surface area contributed by atoms with E-state index in [4.69, 9.17) is 22.8 Å². The lowest BCUT2D eigenvalue weighted by Crippen LogP contribution is -2.46. The maximum Gasteiger partial charge on any atom is 0.500 e. The third kappa shape index (κ3) is 9.71. The molecule has 0 spiro atoms. The molecule has 5 nitrogen and oxygen atoms in total. The number of ether oxygens (including phenoxy) is 2. The second-order valence-corrected chi connectivity index (χ2v) is 9.12. The first kappa shape index (κ1) is 24.1. The van der Waals surface area contributed by atoms with Crippen LogP contribution < -0.4 is 4.74 Å². The molecule has 0 heterocycles. The molecule has 0 bridgehead atoms. The van der Waals surface area contributed by atoms with Crippen LogP contribution in [-0.4, -0.2) is 41.5 Å². The zero-order chi connectivity index (χ0) is 20.0. The topological polar surface area (TPSA) is 46.2 Å². The van der Waals surface area contributed by atoms with Gasteiger partial charge in [0.05, 0.1) is 6.61 Å². The van der Waals surface area contributed by atoms with E-state index in [1.807, 2.05) is 39.8 Å². The molecule has 0 N–H and O–H groups in total. The zero-order valence-corrected chi connectivity index (χ0v) is 18.8. The molecule has 0 aliphatic carbocycles. The maximum atomic E-state index is 5.91. The lowest BCUT2D eigenvalue weighted by molar-refractivity contribution is -0.0673. The van der Waals surface area contributed by atoms with E-state index in [9.17, 15) is 0 Å². The van der Waals surface area contributed by atoms with Crippen LogP contribution >= 0.6 is 0 Å². The van der Waals surface area contributed by atoms with Crippen LogP contribution in [0.15, 0.2) is 24.3 Å². The van der Waals surface area contributed by atoms with Gasteiger partial charge in [-0.25, -0.2) is 0 Å². The van der Waals surface area contributed by atoms with Crippen LogP contribution in [0.1, 0.15) is 59.4 Å². The summed E-state index contributed by atoms with van der Waals surface area (Å²) >= 11 is 0. The number of aryl methyl sites for hydroxylation is 1. The molecule has 0 aliphatic rings. The average Bonchev–Trinajstić information content (AvgIpc) is 2.64. The molecule has 1 unspecified atom stereocenters. The summed E-state index contributed by atoms with van der Waals surface area (Å²) in [5, 5.41) is 0. The van der Waals surface area contributed by atoms with E-state index >= 15 is 0 Å². The third-order valence-corrected chi connectivity index (χ3v) is 7.27. The minimum atomic E-state index is -2.54. The van der Waals surface area contributed by atoms with Gasteiger partial charge in [-0.15, -0.1) is 0 Å². The van der Waals surface area contributed by atoms with Crippen molar-refractivity contribution in [1.29, 1.82) is 0 Å². The summed E-state index contributed by atoms with van der Waals surface area (Å²) in [6.45, 7) is 12.7. The first-order valence-electron chi connectivity index (χ1n) is 10.4. The van der Waals surface area contributed by atoms with Crippen molar-refractivity contribution in [3.8, 4) is 5.75 Å². The van der Waals surface area contributed by atoms with Crippen molar-refractivity contribution in [1.82, 2.24) is 0 Å². The molecule has 0 aliphatic heterocycles. The standard InChI is InChI=1S/C21H38O5Si/c1-6-10-17-22-19(5)26-21-15-13-20(14-16-21)12-11-18-27(23-7-2,24-8-3)25-9-4/h13-16,19H,6-12,17-18H2,1-5H3. The molecule has 0 fully saturated rings. The second-order valence-electron chi connectivity index (χ2n) is 6.39. The SMILES string of the molecule is CCCCOC(C)Oc1ccc(CCC[Si](OCC)(OCC)OCC)cc1. The van der Waals surface area contributed by atoms with Crippen molar-refractivity contribution in [3.63, 3.8) is 0 Å². The monoisotopic (exact) mass is 398 g/mol. The molecule has 1 aromatic rings. The molecular weight excluding hydrogens is 360 g/mol. The Morgan fingerprint density at radius 1 is 0.852 bits per heavy atom. The Morgan fingerprint density at radius 2 is 1.44 bits per heavy atom. The van der Waals surface area contributed by atoms with Gasteiger partial charge < -0.3 is 22.8 Å². The lowest BCUT2D eigenvalue weighted by atomic mass is 10.1. The Bertz CT molecular complexity index is 463.